The molecule has 92 valence electrons. The Morgan fingerprint density at radius 2 is 2.12 bits per heavy atom. The molecule has 16 heavy (non-hydrogen) atoms. The Morgan fingerprint density at radius 1 is 1.44 bits per heavy atom. The van der Waals surface area contributed by atoms with Crippen molar-refractivity contribution in [3.63, 3.8) is 0 Å². The summed E-state index contributed by atoms with van der Waals surface area (Å²) in [6, 6.07) is 2.21. The van der Waals surface area contributed by atoms with E-state index in [0.29, 0.717) is 5.92 Å². The van der Waals surface area contributed by atoms with E-state index in [9.17, 15) is 0 Å². The van der Waals surface area contributed by atoms with Crippen LogP contribution in [0.15, 0.2) is 11.4 Å². The largest absolute Gasteiger partial charge is 0.496 e. The van der Waals surface area contributed by atoms with Crippen LogP contribution in [0, 0.1) is 5.92 Å². The monoisotopic (exact) mass is 242 g/mol. The van der Waals surface area contributed by atoms with Crippen LogP contribution >= 0.6 is 11.3 Å². The zero-order valence-corrected chi connectivity index (χ0v) is 11.1. The second-order valence-corrected chi connectivity index (χ2v) is 4.94. The fourth-order valence-corrected chi connectivity index (χ4v) is 2.87. The van der Waals surface area contributed by atoms with E-state index in [2.05, 4.69) is 19.3 Å². The average molecular weight is 242 g/mol. The van der Waals surface area contributed by atoms with E-state index in [-0.39, 0.29) is 6.04 Å². The van der Waals surface area contributed by atoms with Gasteiger partial charge >= 0.3 is 0 Å². The summed E-state index contributed by atoms with van der Waals surface area (Å²) in [5, 5.41) is 2.05. The van der Waals surface area contributed by atoms with Crippen molar-refractivity contribution in [3.8, 4) is 5.75 Å². The van der Waals surface area contributed by atoms with E-state index in [4.69, 9.17) is 10.6 Å². The van der Waals surface area contributed by atoms with Gasteiger partial charge in [-0.25, -0.2) is 0 Å². The van der Waals surface area contributed by atoms with Gasteiger partial charge in [-0.05, 0) is 23.8 Å². The molecule has 0 saturated heterocycles. The second kappa shape index (κ2) is 6.89. The van der Waals surface area contributed by atoms with Crippen LogP contribution in [0.5, 0.6) is 5.75 Å². The lowest BCUT2D eigenvalue weighted by Crippen LogP contribution is -2.29. The molecule has 1 atom stereocenters. The van der Waals surface area contributed by atoms with Gasteiger partial charge in [-0.2, -0.15) is 0 Å². The van der Waals surface area contributed by atoms with Crippen molar-refractivity contribution in [1.29, 1.82) is 0 Å². The van der Waals surface area contributed by atoms with Gasteiger partial charge in [0, 0.05) is 0 Å². The molecule has 0 aliphatic rings. The van der Waals surface area contributed by atoms with Gasteiger partial charge in [-0.3, -0.25) is 11.3 Å². The molecule has 0 spiro atoms. The molecule has 0 aliphatic carbocycles. The molecule has 0 bridgehead atoms. The number of hydrogen-bond acceptors (Lipinski definition) is 4. The molecule has 4 heteroatoms. The number of nitrogens with one attached hydrogen (secondary N) is 1. The molecular formula is C12H22N2OS. The summed E-state index contributed by atoms with van der Waals surface area (Å²) >= 11 is 1.70. The zero-order valence-electron chi connectivity index (χ0n) is 10.3. The van der Waals surface area contributed by atoms with E-state index in [1.807, 2.05) is 11.4 Å². The maximum Gasteiger partial charge on any atom is 0.134 e. The van der Waals surface area contributed by atoms with Crippen LogP contribution in [0.4, 0.5) is 0 Å². The highest BCUT2D eigenvalue weighted by molar-refractivity contribution is 7.10. The Hall–Kier alpha value is -0.580. The molecule has 0 aromatic carbocycles. The number of hydrogen-bond donors (Lipinski definition) is 2. The average Bonchev–Trinajstić information content (AvgIpc) is 2.79. The van der Waals surface area contributed by atoms with Crippen LogP contribution < -0.4 is 16.0 Å². The van der Waals surface area contributed by atoms with Gasteiger partial charge in [0.15, 0.2) is 0 Å². The van der Waals surface area contributed by atoms with Gasteiger partial charge in [0.25, 0.3) is 0 Å². The van der Waals surface area contributed by atoms with Gasteiger partial charge in [0.1, 0.15) is 5.75 Å². The number of rotatable bonds is 7. The summed E-state index contributed by atoms with van der Waals surface area (Å²) in [6.45, 7) is 4.46. The van der Waals surface area contributed by atoms with E-state index in [1.54, 1.807) is 18.4 Å². The number of thiophene rings is 1. The Balaban J connectivity index is 2.73. The smallest absolute Gasteiger partial charge is 0.134 e. The van der Waals surface area contributed by atoms with Crippen LogP contribution in [0.3, 0.4) is 0 Å². The number of ether oxygens (including phenoxy) is 1. The molecule has 1 heterocycles. The minimum Gasteiger partial charge on any atom is -0.496 e. The normalized spacial score (nSPS) is 13.1. The molecule has 3 nitrogen and oxygen atoms in total. The predicted octanol–water partition coefficient (Wildman–Crippen LogP) is 3.09. The van der Waals surface area contributed by atoms with Gasteiger partial charge in [-0.15, -0.1) is 11.3 Å². The SMILES string of the molecule is CCC(CC)CC(NN)c1sccc1OC. The van der Waals surface area contributed by atoms with Gasteiger partial charge < -0.3 is 4.74 Å². The molecule has 0 amide bonds. The van der Waals surface area contributed by atoms with Crippen molar-refractivity contribution in [1.82, 2.24) is 5.43 Å². The maximum atomic E-state index is 5.65. The quantitative estimate of drug-likeness (QED) is 0.570. The van der Waals surface area contributed by atoms with Crippen LogP contribution in [0.2, 0.25) is 0 Å². The van der Waals surface area contributed by atoms with E-state index < -0.39 is 0 Å². The van der Waals surface area contributed by atoms with E-state index in [0.717, 1.165) is 12.2 Å². The summed E-state index contributed by atoms with van der Waals surface area (Å²) in [4.78, 5) is 1.21. The van der Waals surface area contributed by atoms with E-state index >= 15 is 0 Å². The third-order valence-corrected chi connectivity index (χ3v) is 4.13. The van der Waals surface area contributed by atoms with Crippen LogP contribution in [-0.4, -0.2) is 7.11 Å². The summed E-state index contributed by atoms with van der Waals surface area (Å²) < 4.78 is 5.33. The molecule has 0 saturated carbocycles. The van der Waals surface area contributed by atoms with Gasteiger partial charge in [-0.1, -0.05) is 26.7 Å². The van der Waals surface area contributed by atoms with Crippen LogP contribution in [0.1, 0.15) is 44.0 Å². The highest BCUT2D eigenvalue weighted by Crippen LogP contribution is 2.34. The molecule has 3 N–H and O–H groups in total. The molecule has 1 aromatic rings. The van der Waals surface area contributed by atoms with E-state index in [1.165, 1.54) is 17.7 Å². The lowest BCUT2D eigenvalue weighted by Gasteiger charge is -2.21. The van der Waals surface area contributed by atoms with Crippen LogP contribution in [-0.2, 0) is 0 Å². The summed E-state index contributed by atoms with van der Waals surface area (Å²) in [5.41, 5.74) is 2.91. The first-order chi connectivity index (χ1) is 7.76. The zero-order chi connectivity index (χ0) is 12.0. The summed E-state index contributed by atoms with van der Waals surface area (Å²) in [6.07, 6.45) is 3.46. The Bertz CT molecular complexity index is 297. The highest BCUT2D eigenvalue weighted by atomic mass is 32.1. The maximum absolute atomic E-state index is 5.65. The number of hydrazine groups is 1. The molecule has 0 aliphatic heterocycles. The first-order valence-electron chi connectivity index (χ1n) is 5.84. The van der Waals surface area contributed by atoms with Gasteiger partial charge in [0.2, 0.25) is 0 Å². The topological polar surface area (TPSA) is 47.3 Å². The second-order valence-electron chi connectivity index (χ2n) is 3.99. The van der Waals surface area contributed by atoms with Crippen molar-refractivity contribution in [2.45, 2.75) is 39.2 Å². The highest BCUT2D eigenvalue weighted by Gasteiger charge is 2.19. The standard InChI is InChI=1S/C12H22N2OS/c1-4-9(5-2)8-10(14-13)12-11(15-3)6-7-16-12/h6-7,9-10,14H,4-5,8,13H2,1-3H3. The Morgan fingerprint density at radius 3 is 2.62 bits per heavy atom. The first-order valence-corrected chi connectivity index (χ1v) is 6.72. The molecular weight excluding hydrogens is 220 g/mol. The molecule has 1 aromatic heterocycles. The minimum atomic E-state index is 0.208. The molecule has 1 rings (SSSR count). The fourth-order valence-electron chi connectivity index (χ4n) is 1.94. The molecule has 1 unspecified atom stereocenters. The fraction of sp³-hybridized carbons (Fsp3) is 0.667. The molecule has 0 radical (unpaired) electrons. The minimum absolute atomic E-state index is 0.208. The predicted molar refractivity (Wildman–Crippen MR) is 69.6 cm³/mol. The Kier molecular flexibility index (Phi) is 5.80. The molecule has 0 fully saturated rings. The number of nitrogens with two attached hydrogens (primary N) is 1. The Labute approximate surface area is 102 Å². The summed E-state index contributed by atoms with van der Waals surface area (Å²) in [7, 11) is 1.70. The third kappa shape index (κ3) is 3.20. The van der Waals surface area contributed by atoms with Crippen molar-refractivity contribution in [2.24, 2.45) is 11.8 Å². The third-order valence-electron chi connectivity index (χ3n) is 3.12. The summed E-state index contributed by atoms with van der Waals surface area (Å²) in [5.74, 6) is 7.31. The number of methoxy groups -OCH3 is 1. The van der Waals surface area contributed by atoms with Crippen molar-refractivity contribution in [2.75, 3.05) is 7.11 Å². The van der Waals surface area contributed by atoms with Crippen molar-refractivity contribution < 1.29 is 4.74 Å². The van der Waals surface area contributed by atoms with Gasteiger partial charge in [0.05, 0.1) is 18.0 Å². The van der Waals surface area contributed by atoms with Crippen LogP contribution in [0.25, 0.3) is 0 Å². The lowest BCUT2D eigenvalue weighted by atomic mass is 9.94. The first kappa shape index (κ1) is 13.5. The lowest BCUT2D eigenvalue weighted by molar-refractivity contribution is 0.361. The van der Waals surface area contributed by atoms with Crippen molar-refractivity contribution >= 4 is 11.3 Å². The van der Waals surface area contributed by atoms with Crippen molar-refractivity contribution in [3.05, 3.63) is 16.3 Å².